The van der Waals surface area contributed by atoms with Crippen LogP contribution in [0.3, 0.4) is 0 Å². The van der Waals surface area contributed by atoms with Crippen LogP contribution in [0.15, 0.2) is 29.4 Å². The van der Waals surface area contributed by atoms with Gasteiger partial charge >= 0.3 is 0 Å². The molecule has 3 rings (SSSR count). The number of benzene rings is 1. The third kappa shape index (κ3) is 2.47. The minimum absolute atomic E-state index is 0.217. The lowest BCUT2D eigenvalue weighted by atomic mass is 9.83. The van der Waals surface area contributed by atoms with Crippen molar-refractivity contribution in [1.82, 2.24) is 10.3 Å². The monoisotopic (exact) mass is 271 g/mol. The van der Waals surface area contributed by atoms with Crippen LogP contribution < -0.4 is 5.43 Å². The average molecular weight is 271 g/mol. The Morgan fingerprint density at radius 3 is 2.55 bits per heavy atom. The van der Waals surface area contributed by atoms with E-state index in [0.29, 0.717) is 12.0 Å². The van der Waals surface area contributed by atoms with Gasteiger partial charge in [0, 0.05) is 31.1 Å². The Kier molecular flexibility index (Phi) is 3.33. The van der Waals surface area contributed by atoms with E-state index >= 15 is 0 Å². The van der Waals surface area contributed by atoms with E-state index in [4.69, 9.17) is 0 Å². The molecule has 2 aliphatic heterocycles. The number of piperidine rings is 1. The SMILES string of the molecule is CN1CCC2=NNC(c3ccc(C(C)(C)C)cc3)C2C1. The molecule has 2 aliphatic rings. The van der Waals surface area contributed by atoms with E-state index in [1.807, 2.05) is 0 Å². The molecular weight excluding hydrogens is 246 g/mol. The predicted octanol–water partition coefficient (Wildman–Crippen LogP) is 2.94. The first-order chi connectivity index (χ1) is 9.45. The van der Waals surface area contributed by atoms with Crippen LogP contribution in [0.5, 0.6) is 0 Å². The van der Waals surface area contributed by atoms with Crippen LogP contribution in [-0.4, -0.2) is 30.7 Å². The van der Waals surface area contributed by atoms with Crippen LogP contribution in [0, 0.1) is 5.92 Å². The molecular formula is C17H25N3. The van der Waals surface area contributed by atoms with E-state index in [0.717, 1.165) is 19.5 Å². The van der Waals surface area contributed by atoms with Gasteiger partial charge in [0.15, 0.2) is 0 Å². The first-order valence-corrected chi connectivity index (χ1v) is 7.56. The standard InChI is InChI=1S/C17H25N3/c1-17(2,3)13-7-5-12(6-8-13)16-14-11-20(4)10-9-15(14)18-19-16/h5-8,14,16,19H,9-11H2,1-4H3. The third-order valence-electron chi connectivity index (χ3n) is 4.57. The fourth-order valence-corrected chi connectivity index (χ4v) is 3.20. The summed E-state index contributed by atoms with van der Waals surface area (Å²) in [6, 6.07) is 9.42. The first kappa shape index (κ1) is 13.6. The fourth-order valence-electron chi connectivity index (χ4n) is 3.20. The zero-order chi connectivity index (χ0) is 14.3. The molecule has 0 saturated carbocycles. The molecule has 0 bridgehead atoms. The van der Waals surface area contributed by atoms with Gasteiger partial charge in [-0.1, -0.05) is 45.0 Å². The molecule has 0 amide bonds. The fraction of sp³-hybridized carbons (Fsp3) is 0.588. The number of fused-ring (bicyclic) bond motifs is 1. The van der Waals surface area contributed by atoms with Crippen molar-refractivity contribution in [1.29, 1.82) is 0 Å². The topological polar surface area (TPSA) is 27.6 Å². The molecule has 3 heteroatoms. The number of likely N-dealkylation sites (tertiary alicyclic amines) is 1. The second kappa shape index (κ2) is 4.88. The molecule has 1 fully saturated rings. The number of hydrazone groups is 1. The first-order valence-electron chi connectivity index (χ1n) is 7.56. The highest BCUT2D eigenvalue weighted by atomic mass is 15.3. The van der Waals surface area contributed by atoms with Gasteiger partial charge in [0.1, 0.15) is 0 Å². The Balaban J connectivity index is 1.80. The highest BCUT2D eigenvalue weighted by molar-refractivity contribution is 5.89. The summed E-state index contributed by atoms with van der Waals surface area (Å²) < 4.78 is 0. The maximum Gasteiger partial charge on any atom is 0.0782 e. The van der Waals surface area contributed by atoms with E-state index in [1.165, 1.54) is 16.8 Å². The van der Waals surface area contributed by atoms with Gasteiger partial charge in [-0.15, -0.1) is 0 Å². The van der Waals surface area contributed by atoms with Crippen molar-refractivity contribution in [2.45, 2.75) is 38.6 Å². The Hall–Kier alpha value is -1.35. The average Bonchev–Trinajstić information content (AvgIpc) is 2.81. The van der Waals surface area contributed by atoms with Crippen molar-refractivity contribution in [3.63, 3.8) is 0 Å². The normalized spacial score (nSPS) is 26.9. The molecule has 2 heterocycles. The zero-order valence-corrected chi connectivity index (χ0v) is 13.0. The van der Waals surface area contributed by atoms with Crippen molar-refractivity contribution in [2.75, 3.05) is 20.1 Å². The summed E-state index contributed by atoms with van der Waals surface area (Å²) in [4.78, 5) is 2.41. The van der Waals surface area contributed by atoms with Crippen LogP contribution in [0.1, 0.15) is 44.4 Å². The summed E-state index contributed by atoms with van der Waals surface area (Å²) >= 11 is 0. The summed E-state index contributed by atoms with van der Waals surface area (Å²) in [5, 5.41) is 4.56. The predicted molar refractivity (Wildman–Crippen MR) is 84.1 cm³/mol. The lowest BCUT2D eigenvalue weighted by Gasteiger charge is -2.31. The van der Waals surface area contributed by atoms with E-state index in [2.05, 4.69) is 67.5 Å². The van der Waals surface area contributed by atoms with Gasteiger partial charge in [-0.3, -0.25) is 0 Å². The Labute approximate surface area is 122 Å². The lowest BCUT2D eigenvalue weighted by molar-refractivity contribution is 0.272. The molecule has 20 heavy (non-hydrogen) atoms. The van der Waals surface area contributed by atoms with E-state index in [9.17, 15) is 0 Å². The Morgan fingerprint density at radius 2 is 1.90 bits per heavy atom. The molecule has 108 valence electrons. The quantitative estimate of drug-likeness (QED) is 0.850. The maximum absolute atomic E-state index is 4.56. The second-order valence-electron chi connectivity index (χ2n) is 7.20. The molecule has 1 aromatic rings. The van der Waals surface area contributed by atoms with Crippen molar-refractivity contribution >= 4 is 5.71 Å². The van der Waals surface area contributed by atoms with Gasteiger partial charge in [-0.25, -0.2) is 0 Å². The van der Waals surface area contributed by atoms with Crippen LogP contribution in [0.2, 0.25) is 0 Å². The third-order valence-corrected chi connectivity index (χ3v) is 4.57. The molecule has 0 aromatic heterocycles. The van der Waals surface area contributed by atoms with Crippen LogP contribution in [0.25, 0.3) is 0 Å². The molecule has 3 nitrogen and oxygen atoms in total. The number of nitrogens with one attached hydrogen (secondary N) is 1. The highest BCUT2D eigenvalue weighted by Crippen LogP contribution is 2.33. The molecule has 1 N–H and O–H groups in total. The molecule has 1 saturated heterocycles. The largest absolute Gasteiger partial charge is 0.305 e. The summed E-state index contributed by atoms with van der Waals surface area (Å²) in [6.45, 7) is 9.01. The molecule has 0 radical (unpaired) electrons. The smallest absolute Gasteiger partial charge is 0.0782 e. The molecule has 1 aromatic carbocycles. The number of rotatable bonds is 1. The summed E-state index contributed by atoms with van der Waals surface area (Å²) in [7, 11) is 2.20. The maximum atomic E-state index is 4.56. The number of hydrogen-bond donors (Lipinski definition) is 1. The summed E-state index contributed by atoms with van der Waals surface area (Å²) in [5.74, 6) is 0.536. The van der Waals surface area contributed by atoms with Crippen molar-refractivity contribution in [3.05, 3.63) is 35.4 Å². The van der Waals surface area contributed by atoms with Crippen molar-refractivity contribution in [2.24, 2.45) is 11.0 Å². The van der Waals surface area contributed by atoms with Crippen LogP contribution >= 0.6 is 0 Å². The molecule has 0 spiro atoms. The van der Waals surface area contributed by atoms with Gasteiger partial charge in [-0.05, 0) is 23.6 Å². The summed E-state index contributed by atoms with van der Waals surface area (Å²) in [6.07, 6.45) is 1.10. The van der Waals surface area contributed by atoms with Gasteiger partial charge in [-0.2, -0.15) is 5.10 Å². The lowest BCUT2D eigenvalue weighted by Crippen LogP contribution is -2.39. The van der Waals surface area contributed by atoms with E-state index < -0.39 is 0 Å². The van der Waals surface area contributed by atoms with E-state index in [-0.39, 0.29) is 5.41 Å². The zero-order valence-electron chi connectivity index (χ0n) is 13.0. The van der Waals surface area contributed by atoms with Crippen molar-refractivity contribution < 1.29 is 0 Å². The van der Waals surface area contributed by atoms with E-state index in [1.54, 1.807) is 0 Å². The molecule has 0 aliphatic carbocycles. The Morgan fingerprint density at radius 1 is 1.20 bits per heavy atom. The number of hydrogen-bond acceptors (Lipinski definition) is 3. The van der Waals surface area contributed by atoms with Crippen LogP contribution in [-0.2, 0) is 5.41 Å². The van der Waals surface area contributed by atoms with Gasteiger partial charge in [0.05, 0.1) is 6.04 Å². The summed E-state index contributed by atoms with van der Waals surface area (Å²) in [5.41, 5.74) is 7.67. The van der Waals surface area contributed by atoms with Crippen LogP contribution in [0.4, 0.5) is 0 Å². The van der Waals surface area contributed by atoms with Gasteiger partial charge in [0.25, 0.3) is 0 Å². The molecule has 2 atom stereocenters. The number of nitrogens with zero attached hydrogens (tertiary/aromatic N) is 2. The van der Waals surface area contributed by atoms with Crippen molar-refractivity contribution in [3.8, 4) is 0 Å². The van der Waals surface area contributed by atoms with Gasteiger partial charge in [0.2, 0.25) is 0 Å². The molecule has 2 unspecified atom stereocenters. The Bertz CT molecular complexity index is 510. The second-order valence-corrected chi connectivity index (χ2v) is 7.20. The highest BCUT2D eigenvalue weighted by Gasteiger charge is 2.35. The van der Waals surface area contributed by atoms with Gasteiger partial charge < -0.3 is 10.3 Å². The minimum atomic E-state index is 0.217. The minimum Gasteiger partial charge on any atom is -0.305 e.